The zero-order valence-corrected chi connectivity index (χ0v) is 12.0. The van der Waals surface area contributed by atoms with Crippen LogP contribution in [0.25, 0.3) is 0 Å². The maximum Gasteiger partial charge on any atom is 0.219 e. The minimum atomic E-state index is 0.268. The summed E-state index contributed by atoms with van der Waals surface area (Å²) in [6.45, 7) is 6.15. The first-order valence-electron chi connectivity index (χ1n) is 7.40. The summed E-state index contributed by atoms with van der Waals surface area (Å²) in [6, 6.07) is 0.529. The van der Waals surface area contributed by atoms with Crippen LogP contribution in [0.15, 0.2) is 4.42 Å². The van der Waals surface area contributed by atoms with Crippen molar-refractivity contribution in [2.24, 2.45) is 0 Å². The Morgan fingerprint density at radius 1 is 1.26 bits per heavy atom. The molecule has 0 spiro atoms. The van der Waals surface area contributed by atoms with Crippen molar-refractivity contribution in [3.63, 3.8) is 0 Å². The first-order chi connectivity index (χ1) is 9.24. The summed E-state index contributed by atoms with van der Waals surface area (Å²) in [7, 11) is 0. The van der Waals surface area contributed by atoms with Crippen molar-refractivity contribution in [3.8, 4) is 0 Å². The summed E-state index contributed by atoms with van der Waals surface area (Å²) >= 11 is 0. The molecule has 1 aliphatic rings. The Morgan fingerprint density at radius 3 is 2.84 bits per heavy atom. The van der Waals surface area contributed by atoms with Crippen LogP contribution in [-0.4, -0.2) is 35.5 Å². The van der Waals surface area contributed by atoms with E-state index in [-0.39, 0.29) is 6.10 Å². The molecule has 1 aromatic rings. The fourth-order valence-corrected chi connectivity index (χ4v) is 2.27. The van der Waals surface area contributed by atoms with Crippen molar-refractivity contribution >= 4 is 0 Å². The van der Waals surface area contributed by atoms with E-state index in [0.29, 0.717) is 6.04 Å². The average molecular weight is 267 g/mol. The molecule has 19 heavy (non-hydrogen) atoms. The molecule has 5 nitrogen and oxygen atoms in total. The van der Waals surface area contributed by atoms with Gasteiger partial charge in [-0.05, 0) is 32.2 Å². The average Bonchev–Trinajstić information content (AvgIpc) is 2.83. The van der Waals surface area contributed by atoms with Crippen LogP contribution in [0.3, 0.4) is 0 Å². The van der Waals surface area contributed by atoms with Crippen molar-refractivity contribution < 1.29 is 9.15 Å². The largest absolute Gasteiger partial charge is 0.425 e. The quantitative estimate of drug-likeness (QED) is 0.767. The van der Waals surface area contributed by atoms with Gasteiger partial charge < -0.3 is 14.5 Å². The summed E-state index contributed by atoms with van der Waals surface area (Å²) in [6.07, 6.45) is 6.43. The van der Waals surface area contributed by atoms with Crippen LogP contribution in [-0.2, 0) is 17.6 Å². The molecule has 0 bridgehead atoms. The number of nitrogens with one attached hydrogen (secondary N) is 1. The number of nitrogens with zero attached hydrogens (tertiary/aromatic N) is 2. The lowest BCUT2D eigenvalue weighted by atomic mass is 10.1. The molecule has 1 saturated heterocycles. The second kappa shape index (κ2) is 7.60. The lowest BCUT2D eigenvalue weighted by molar-refractivity contribution is 0.0130. The highest BCUT2D eigenvalue weighted by Gasteiger charge is 2.17. The van der Waals surface area contributed by atoms with Gasteiger partial charge in [0.25, 0.3) is 0 Å². The molecule has 1 aliphatic heterocycles. The first kappa shape index (κ1) is 14.5. The maximum absolute atomic E-state index is 5.68. The van der Waals surface area contributed by atoms with Crippen molar-refractivity contribution in [3.05, 3.63) is 11.8 Å². The minimum Gasteiger partial charge on any atom is -0.425 e. The van der Waals surface area contributed by atoms with Gasteiger partial charge in [0.05, 0.1) is 12.5 Å². The molecule has 1 fully saturated rings. The number of aromatic nitrogens is 2. The highest BCUT2D eigenvalue weighted by Crippen LogP contribution is 2.16. The Hall–Kier alpha value is -0.940. The Bertz CT molecular complexity index is 359. The van der Waals surface area contributed by atoms with Gasteiger partial charge in [0.15, 0.2) is 0 Å². The van der Waals surface area contributed by atoms with Crippen molar-refractivity contribution in [1.29, 1.82) is 0 Å². The summed E-state index contributed by atoms with van der Waals surface area (Å²) in [4.78, 5) is 0. The summed E-state index contributed by atoms with van der Waals surface area (Å²) in [5.74, 6) is 1.47. The lowest BCUT2D eigenvalue weighted by Gasteiger charge is -2.20. The predicted molar refractivity (Wildman–Crippen MR) is 73.1 cm³/mol. The molecular formula is C14H25N3O2. The molecule has 0 aromatic carbocycles. The molecule has 1 unspecified atom stereocenters. The molecule has 5 heteroatoms. The highest BCUT2D eigenvalue weighted by molar-refractivity contribution is 4.85. The molecule has 1 N–H and O–H groups in total. The van der Waals surface area contributed by atoms with Crippen LogP contribution in [0, 0.1) is 0 Å². The molecule has 0 aliphatic carbocycles. The smallest absolute Gasteiger partial charge is 0.219 e. The molecule has 0 saturated carbocycles. The fourth-order valence-electron chi connectivity index (χ4n) is 2.27. The molecular weight excluding hydrogens is 242 g/mol. The van der Waals surface area contributed by atoms with Gasteiger partial charge in [-0.2, -0.15) is 0 Å². The maximum atomic E-state index is 5.68. The van der Waals surface area contributed by atoms with E-state index < -0.39 is 0 Å². The van der Waals surface area contributed by atoms with Gasteiger partial charge in [0.1, 0.15) is 0 Å². The minimum absolute atomic E-state index is 0.268. The first-order valence-corrected chi connectivity index (χ1v) is 7.40. The Labute approximate surface area is 115 Å². The van der Waals surface area contributed by atoms with E-state index in [4.69, 9.17) is 9.15 Å². The zero-order chi connectivity index (χ0) is 13.5. The van der Waals surface area contributed by atoms with Crippen LogP contribution in [0.1, 0.15) is 51.3 Å². The Balaban J connectivity index is 1.69. The van der Waals surface area contributed by atoms with Gasteiger partial charge in [-0.3, -0.25) is 0 Å². The van der Waals surface area contributed by atoms with Crippen LogP contribution in [0.5, 0.6) is 0 Å². The van der Waals surface area contributed by atoms with Gasteiger partial charge in [0.2, 0.25) is 11.8 Å². The van der Waals surface area contributed by atoms with E-state index in [0.717, 1.165) is 50.6 Å². The molecule has 0 radical (unpaired) electrons. The van der Waals surface area contributed by atoms with E-state index >= 15 is 0 Å². The highest BCUT2D eigenvalue weighted by atomic mass is 16.5. The molecule has 1 aromatic heterocycles. The van der Waals surface area contributed by atoms with E-state index in [1.54, 1.807) is 0 Å². The SMILES string of the molecule is CC(C)NCCCc1nnc(CC2CCCCO2)o1. The molecule has 108 valence electrons. The number of aryl methyl sites for hydroxylation is 1. The topological polar surface area (TPSA) is 60.2 Å². The van der Waals surface area contributed by atoms with E-state index in [2.05, 4.69) is 29.4 Å². The number of hydrogen-bond acceptors (Lipinski definition) is 5. The molecule has 2 rings (SSSR count). The van der Waals surface area contributed by atoms with Gasteiger partial charge in [-0.15, -0.1) is 10.2 Å². The van der Waals surface area contributed by atoms with Gasteiger partial charge >= 0.3 is 0 Å². The summed E-state index contributed by atoms with van der Waals surface area (Å²) < 4.78 is 11.3. The number of rotatable bonds is 7. The molecule has 0 amide bonds. The van der Waals surface area contributed by atoms with Crippen LogP contribution < -0.4 is 5.32 Å². The van der Waals surface area contributed by atoms with Crippen LogP contribution in [0.2, 0.25) is 0 Å². The van der Waals surface area contributed by atoms with E-state index in [1.807, 2.05) is 0 Å². The van der Waals surface area contributed by atoms with E-state index in [1.165, 1.54) is 12.8 Å². The van der Waals surface area contributed by atoms with Crippen molar-refractivity contribution in [1.82, 2.24) is 15.5 Å². The summed E-state index contributed by atoms with van der Waals surface area (Å²) in [5, 5.41) is 11.6. The predicted octanol–water partition coefficient (Wildman–Crippen LogP) is 2.11. The van der Waals surface area contributed by atoms with Gasteiger partial charge in [-0.1, -0.05) is 13.8 Å². The van der Waals surface area contributed by atoms with Crippen molar-refractivity contribution in [2.45, 2.75) is 64.5 Å². The standard InChI is InChI=1S/C14H25N3O2/c1-11(2)15-8-5-7-13-16-17-14(19-13)10-12-6-3-4-9-18-12/h11-12,15H,3-10H2,1-2H3. The normalized spacial score (nSPS) is 20.1. The second-order valence-electron chi connectivity index (χ2n) is 5.49. The Kier molecular flexibility index (Phi) is 5.79. The van der Waals surface area contributed by atoms with Gasteiger partial charge in [-0.25, -0.2) is 0 Å². The number of ether oxygens (including phenoxy) is 1. The second-order valence-corrected chi connectivity index (χ2v) is 5.49. The van der Waals surface area contributed by atoms with Crippen molar-refractivity contribution in [2.75, 3.05) is 13.2 Å². The third-order valence-electron chi connectivity index (χ3n) is 3.30. The Morgan fingerprint density at radius 2 is 2.11 bits per heavy atom. The van der Waals surface area contributed by atoms with E-state index in [9.17, 15) is 0 Å². The fraction of sp³-hybridized carbons (Fsp3) is 0.857. The monoisotopic (exact) mass is 267 g/mol. The third-order valence-corrected chi connectivity index (χ3v) is 3.30. The molecule has 2 heterocycles. The third kappa shape index (κ3) is 5.28. The van der Waals surface area contributed by atoms with Crippen LogP contribution >= 0.6 is 0 Å². The van der Waals surface area contributed by atoms with Gasteiger partial charge in [0, 0.05) is 19.1 Å². The van der Waals surface area contributed by atoms with Crippen LogP contribution in [0.4, 0.5) is 0 Å². The molecule has 1 atom stereocenters. The number of hydrogen-bond donors (Lipinski definition) is 1. The zero-order valence-electron chi connectivity index (χ0n) is 12.0. The lowest BCUT2D eigenvalue weighted by Crippen LogP contribution is -2.23. The summed E-state index contributed by atoms with van der Waals surface area (Å²) in [5.41, 5.74) is 0.